The smallest absolute Gasteiger partial charge is 0.328 e. The van der Waals surface area contributed by atoms with Gasteiger partial charge < -0.3 is 18.9 Å². The summed E-state index contributed by atoms with van der Waals surface area (Å²) in [5.74, 6) is -0.441. The molecule has 1 aromatic rings. The zero-order valence-corrected chi connectivity index (χ0v) is 18.3. The first-order chi connectivity index (χ1) is 13.2. The van der Waals surface area contributed by atoms with Gasteiger partial charge in [0.25, 0.3) is 11.5 Å². The van der Waals surface area contributed by atoms with Crippen molar-refractivity contribution < 1.29 is 14.3 Å². The van der Waals surface area contributed by atoms with Crippen molar-refractivity contribution in [1.82, 2.24) is 14.5 Å². The molecular weight excluding hydrogens is 362 g/mol. The molecule has 0 spiro atoms. The van der Waals surface area contributed by atoms with Crippen LogP contribution in [0, 0.1) is 0 Å². The zero-order valence-electron chi connectivity index (χ0n) is 18.3. The summed E-state index contributed by atoms with van der Waals surface area (Å²) in [6.45, 7) is 8.69. The lowest BCUT2D eigenvalue weighted by atomic mass is 9.92. The van der Waals surface area contributed by atoms with Crippen LogP contribution < -0.4 is 11.2 Å². The van der Waals surface area contributed by atoms with Crippen LogP contribution in [-0.4, -0.2) is 58.9 Å². The summed E-state index contributed by atoms with van der Waals surface area (Å²) in [5.41, 5.74) is -2.37. The normalized spacial score (nSPS) is 12.2. The Labute approximate surface area is 166 Å². The van der Waals surface area contributed by atoms with Gasteiger partial charge in [-0.05, 0) is 25.7 Å². The standard InChI is InChI=1S/C20H35N3O5/c1-8-19(9-2,27-6)13-23(14-20(10-3,11-4)28-7)17(25)15-12-22(5)18(26)21-16(15)24/h12H,8-11,13-14H2,1-7H3,(H,21,24,26). The van der Waals surface area contributed by atoms with Crippen LogP contribution in [0.3, 0.4) is 0 Å². The van der Waals surface area contributed by atoms with Crippen LogP contribution in [0.2, 0.25) is 0 Å². The third-order valence-electron chi connectivity index (χ3n) is 6.03. The quantitative estimate of drug-likeness (QED) is 0.616. The molecule has 8 nitrogen and oxygen atoms in total. The minimum atomic E-state index is -0.690. The van der Waals surface area contributed by atoms with Crippen LogP contribution in [-0.2, 0) is 16.5 Å². The lowest BCUT2D eigenvalue weighted by Gasteiger charge is -2.41. The Bertz CT molecular complexity index is 721. The van der Waals surface area contributed by atoms with E-state index in [-0.39, 0.29) is 5.56 Å². The zero-order chi connectivity index (χ0) is 21.5. The van der Waals surface area contributed by atoms with Crippen molar-refractivity contribution in [2.24, 2.45) is 7.05 Å². The number of ether oxygens (including phenoxy) is 2. The summed E-state index contributed by atoms with van der Waals surface area (Å²) in [4.78, 5) is 41.2. The first-order valence-electron chi connectivity index (χ1n) is 9.86. The summed E-state index contributed by atoms with van der Waals surface area (Å²) in [7, 11) is 4.77. The van der Waals surface area contributed by atoms with Gasteiger partial charge in [-0.25, -0.2) is 4.79 Å². The molecule has 0 atom stereocenters. The molecule has 0 fully saturated rings. The number of carbonyl (C=O) groups excluding carboxylic acids is 1. The van der Waals surface area contributed by atoms with E-state index in [1.807, 2.05) is 27.7 Å². The number of aromatic amines is 1. The Hall–Kier alpha value is -1.93. The Morgan fingerprint density at radius 1 is 1.00 bits per heavy atom. The highest BCUT2D eigenvalue weighted by Gasteiger charge is 2.37. The molecule has 1 N–H and O–H groups in total. The van der Waals surface area contributed by atoms with Gasteiger partial charge in [0.05, 0.1) is 24.3 Å². The van der Waals surface area contributed by atoms with Gasteiger partial charge in [-0.3, -0.25) is 14.6 Å². The lowest BCUT2D eigenvalue weighted by molar-refractivity contribution is -0.0702. The summed E-state index contributed by atoms with van der Waals surface area (Å²) in [5, 5.41) is 0. The van der Waals surface area contributed by atoms with Crippen LogP contribution in [0.25, 0.3) is 0 Å². The number of nitrogens with one attached hydrogen (secondary N) is 1. The van der Waals surface area contributed by atoms with Gasteiger partial charge in [-0.2, -0.15) is 0 Å². The Kier molecular flexibility index (Phi) is 8.63. The number of nitrogens with zero attached hydrogens (tertiary/aromatic N) is 2. The van der Waals surface area contributed by atoms with E-state index in [0.29, 0.717) is 38.8 Å². The first-order valence-corrected chi connectivity index (χ1v) is 9.86. The molecule has 1 heterocycles. The minimum Gasteiger partial charge on any atom is -0.376 e. The summed E-state index contributed by atoms with van der Waals surface area (Å²) in [6.07, 6.45) is 4.14. The molecule has 0 aliphatic heterocycles. The molecule has 0 radical (unpaired) electrons. The minimum absolute atomic E-state index is 0.0727. The highest BCUT2D eigenvalue weighted by Crippen LogP contribution is 2.26. The molecule has 1 rings (SSSR count). The number of amides is 1. The van der Waals surface area contributed by atoms with E-state index >= 15 is 0 Å². The van der Waals surface area contributed by atoms with Crippen molar-refractivity contribution >= 4 is 5.91 Å². The molecule has 0 saturated carbocycles. The molecular formula is C20H35N3O5. The van der Waals surface area contributed by atoms with Gasteiger partial charge in [-0.1, -0.05) is 27.7 Å². The van der Waals surface area contributed by atoms with Gasteiger partial charge in [-0.15, -0.1) is 0 Å². The summed E-state index contributed by atoms with van der Waals surface area (Å²) in [6, 6.07) is 0. The van der Waals surface area contributed by atoms with E-state index < -0.39 is 28.4 Å². The maximum atomic E-state index is 13.4. The van der Waals surface area contributed by atoms with E-state index in [1.165, 1.54) is 17.8 Å². The van der Waals surface area contributed by atoms with Crippen LogP contribution in [0.4, 0.5) is 0 Å². The molecule has 0 aliphatic carbocycles. The van der Waals surface area contributed by atoms with Gasteiger partial charge in [0.15, 0.2) is 0 Å². The maximum absolute atomic E-state index is 13.4. The lowest BCUT2D eigenvalue weighted by Crippen LogP contribution is -2.53. The van der Waals surface area contributed by atoms with Crippen molar-refractivity contribution in [3.8, 4) is 0 Å². The number of aryl methyl sites for hydroxylation is 1. The van der Waals surface area contributed by atoms with E-state index in [9.17, 15) is 14.4 Å². The second-order valence-electron chi connectivity index (χ2n) is 7.26. The highest BCUT2D eigenvalue weighted by molar-refractivity contribution is 5.93. The van der Waals surface area contributed by atoms with Crippen molar-refractivity contribution in [1.29, 1.82) is 0 Å². The fraction of sp³-hybridized carbons (Fsp3) is 0.750. The van der Waals surface area contributed by atoms with Crippen LogP contribution >= 0.6 is 0 Å². The Morgan fingerprint density at radius 2 is 1.43 bits per heavy atom. The van der Waals surface area contributed by atoms with Gasteiger partial charge in [0, 0.05) is 27.5 Å². The second kappa shape index (κ2) is 10.0. The predicted molar refractivity (Wildman–Crippen MR) is 109 cm³/mol. The third kappa shape index (κ3) is 5.11. The highest BCUT2D eigenvalue weighted by atomic mass is 16.5. The fourth-order valence-corrected chi connectivity index (χ4v) is 3.44. The molecule has 1 aromatic heterocycles. The molecule has 0 aromatic carbocycles. The van der Waals surface area contributed by atoms with Crippen molar-refractivity contribution in [2.45, 2.75) is 64.6 Å². The monoisotopic (exact) mass is 397 g/mol. The van der Waals surface area contributed by atoms with Gasteiger partial charge >= 0.3 is 5.69 Å². The molecule has 8 heteroatoms. The van der Waals surface area contributed by atoms with E-state index in [4.69, 9.17) is 9.47 Å². The number of H-pyrrole nitrogens is 1. The van der Waals surface area contributed by atoms with Crippen molar-refractivity contribution in [3.05, 3.63) is 32.6 Å². The molecule has 28 heavy (non-hydrogen) atoms. The fourth-order valence-electron chi connectivity index (χ4n) is 3.44. The maximum Gasteiger partial charge on any atom is 0.328 e. The number of hydrogen-bond acceptors (Lipinski definition) is 5. The molecule has 160 valence electrons. The average molecular weight is 398 g/mol. The summed E-state index contributed by atoms with van der Waals surface area (Å²) >= 11 is 0. The van der Waals surface area contributed by atoms with Crippen molar-refractivity contribution in [2.75, 3.05) is 27.3 Å². The Balaban J connectivity index is 3.45. The topological polar surface area (TPSA) is 93.6 Å². The second-order valence-corrected chi connectivity index (χ2v) is 7.26. The molecule has 0 saturated heterocycles. The largest absolute Gasteiger partial charge is 0.376 e. The molecule has 0 bridgehead atoms. The molecule has 0 aliphatic rings. The first kappa shape index (κ1) is 24.1. The Morgan fingerprint density at radius 3 is 1.79 bits per heavy atom. The van der Waals surface area contributed by atoms with E-state index in [0.717, 1.165) is 0 Å². The molecule has 0 unspecified atom stereocenters. The predicted octanol–water partition coefficient (Wildman–Crippen LogP) is 1.93. The number of rotatable bonds is 11. The van der Waals surface area contributed by atoms with Crippen LogP contribution in [0.5, 0.6) is 0 Å². The average Bonchev–Trinajstić information content (AvgIpc) is 2.71. The van der Waals surface area contributed by atoms with Crippen LogP contribution in [0.1, 0.15) is 63.7 Å². The number of hydrogen-bond donors (Lipinski definition) is 1. The number of aromatic nitrogens is 2. The number of methoxy groups -OCH3 is 2. The van der Waals surface area contributed by atoms with Gasteiger partial charge in [0.1, 0.15) is 5.56 Å². The third-order valence-corrected chi connectivity index (χ3v) is 6.03. The van der Waals surface area contributed by atoms with Gasteiger partial charge in [0.2, 0.25) is 0 Å². The molecule has 1 amide bonds. The number of carbonyl (C=O) groups is 1. The summed E-state index contributed by atoms with van der Waals surface area (Å²) < 4.78 is 12.7. The van der Waals surface area contributed by atoms with Crippen LogP contribution in [0.15, 0.2) is 15.8 Å². The van der Waals surface area contributed by atoms with E-state index in [2.05, 4.69) is 4.98 Å². The van der Waals surface area contributed by atoms with Crippen molar-refractivity contribution in [3.63, 3.8) is 0 Å². The SMILES string of the molecule is CCC(CC)(CN(CC(CC)(CC)OC)C(=O)c1cn(C)c(=O)[nH]c1=O)OC. The van der Waals surface area contributed by atoms with E-state index in [1.54, 1.807) is 19.1 Å².